The molecule has 18 heavy (non-hydrogen) atoms. The monoisotopic (exact) mass is 250 g/mol. The maximum Gasteiger partial charge on any atom is 0.309 e. The average molecular weight is 250 g/mol. The molecule has 4 nitrogen and oxygen atoms in total. The van der Waals surface area contributed by atoms with E-state index in [1.165, 1.54) is 13.2 Å². The largest absolute Gasteiger partial charge is 0.507 e. The number of carbonyl (C=O) groups is 2. The van der Waals surface area contributed by atoms with Crippen molar-refractivity contribution in [3.63, 3.8) is 0 Å². The summed E-state index contributed by atoms with van der Waals surface area (Å²) in [6.07, 6.45) is 0.673. The number of carbonyl (C=O) groups excluding carboxylic acids is 2. The van der Waals surface area contributed by atoms with Crippen LogP contribution in [-0.2, 0) is 21.4 Å². The molecule has 0 bridgehead atoms. The van der Waals surface area contributed by atoms with Gasteiger partial charge in [-0.2, -0.15) is 0 Å². The number of phenols is 1. The number of phenolic OH excluding ortho intramolecular Hbond substituents is 1. The van der Waals surface area contributed by atoms with E-state index in [-0.39, 0.29) is 29.1 Å². The number of methoxy groups -OCH3 is 1. The van der Waals surface area contributed by atoms with Gasteiger partial charge in [0.25, 0.3) is 0 Å². The number of hydrogen-bond acceptors (Lipinski definition) is 4. The highest BCUT2D eigenvalue weighted by atomic mass is 16.5. The summed E-state index contributed by atoms with van der Waals surface area (Å²) in [5.74, 6) is -0.400. The lowest BCUT2D eigenvalue weighted by Gasteiger charge is -2.22. The molecule has 0 saturated carbocycles. The Morgan fingerprint density at radius 3 is 2.44 bits per heavy atom. The van der Waals surface area contributed by atoms with Crippen molar-refractivity contribution in [2.24, 2.45) is 0 Å². The summed E-state index contributed by atoms with van der Waals surface area (Å²) in [7, 11) is 1.31. The van der Waals surface area contributed by atoms with Gasteiger partial charge in [-0.1, -0.05) is 26.8 Å². The summed E-state index contributed by atoms with van der Waals surface area (Å²) >= 11 is 0. The molecule has 4 heteroatoms. The molecule has 0 atom stereocenters. The molecule has 98 valence electrons. The minimum atomic E-state index is -0.377. The number of ether oxygens (including phenoxy) is 1. The van der Waals surface area contributed by atoms with Crippen LogP contribution in [-0.4, -0.2) is 24.5 Å². The molecule has 0 unspecified atom stereocenters. The van der Waals surface area contributed by atoms with Crippen molar-refractivity contribution in [1.82, 2.24) is 0 Å². The number of hydrogen-bond donors (Lipinski definition) is 1. The lowest BCUT2D eigenvalue weighted by molar-refractivity contribution is -0.139. The van der Waals surface area contributed by atoms with Crippen molar-refractivity contribution >= 4 is 12.3 Å². The van der Waals surface area contributed by atoms with Crippen molar-refractivity contribution < 1.29 is 19.4 Å². The van der Waals surface area contributed by atoms with Gasteiger partial charge >= 0.3 is 5.97 Å². The Balaban J connectivity index is 3.31. The van der Waals surface area contributed by atoms with Crippen LogP contribution in [0.25, 0.3) is 0 Å². The summed E-state index contributed by atoms with van der Waals surface area (Å²) in [4.78, 5) is 22.2. The Labute approximate surface area is 107 Å². The Hall–Kier alpha value is -1.84. The van der Waals surface area contributed by atoms with E-state index >= 15 is 0 Å². The van der Waals surface area contributed by atoms with Gasteiger partial charge in [-0.05, 0) is 17.0 Å². The lowest BCUT2D eigenvalue weighted by atomic mass is 9.84. The fourth-order valence-corrected chi connectivity index (χ4v) is 1.72. The fraction of sp³-hybridized carbons (Fsp3) is 0.429. The SMILES string of the molecule is COC(=O)Cc1cc(C=O)c(O)c(C(C)(C)C)c1. The van der Waals surface area contributed by atoms with Gasteiger partial charge in [0.15, 0.2) is 6.29 Å². The van der Waals surface area contributed by atoms with Crippen molar-refractivity contribution in [3.05, 3.63) is 28.8 Å². The van der Waals surface area contributed by atoms with E-state index < -0.39 is 0 Å². The van der Waals surface area contributed by atoms with Gasteiger partial charge in [0.05, 0.1) is 19.1 Å². The molecule has 0 aromatic heterocycles. The van der Waals surface area contributed by atoms with Crippen molar-refractivity contribution in [1.29, 1.82) is 0 Å². The molecule has 1 aromatic rings. The van der Waals surface area contributed by atoms with E-state index in [4.69, 9.17) is 0 Å². The van der Waals surface area contributed by atoms with E-state index in [1.54, 1.807) is 6.07 Å². The molecule has 0 aliphatic heterocycles. The molecule has 0 aliphatic carbocycles. The summed E-state index contributed by atoms with van der Waals surface area (Å²) < 4.78 is 4.59. The van der Waals surface area contributed by atoms with Gasteiger partial charge in [0.1, 0.15) is 5.75 Å². The molecule has 1 N–H and O–H groups in total. The quantitative estimate of drug-likeness (QED) is 0.660. The molecule has 1 aromatic carbocycles. The molecule has 1 rings (SSSR count). The molecule has 0 amide bonds. The Bertz CT molecular complexity index is 469. The number of aldehydes is 1. The summed E-state index contributed by atoms with van der Waals surface area (Å²) in [5, 5.41) is 9.99. The predicted molar refractivity (Wildman–Crippen MR) is 67.9 cm³/mol. The van der Waals surface area contributed by atoms with Crippen LogP contribution < -0.4 is 0 Å². The fourth-order valence-electron chi connectivity index (χ4n) is 1.72. The van der Waals surface area contributed by atoms with Gasteiger partial charge in [0, 0.05) is 5.56 Å². The highest BCUT2D eigenvalue weighted by Gasteiger charge is 2.21. The van der Waals surface area contributed by atoms with Crippen molar-refractivity contribution in [2.75, 3.05) is 7.11 Å². The maximum absolute atomic E-state index is 11.3. The van der Waals surface area contributed by atoms with Crippen LogP contribution in [0.1, 0.15) is 42.3 Å². The van der Waals surface area contributed by atoms with Crippen LogP contribution in [0.15, 0.2) is 12.1 Å². The van der Waals surface area contributed by atoms with Gasteiger partial charge in [-0.15, -0.1) is 0 Å². The van der Waals surface area contributed by atoms with E-state index in [9.17, 15) is 14.7 Å². The average Bonchev–Trinajstić information content (AvgIpc) is 2.29. The van der Waals surface area contributed by atoms with Crippen LogP contribution in [0.4, 0.5) is 0 Å². The first-order valence-corrected chi connectivity index (χ1v) is 5.68. The molecule has 0 fully saturated rings. The molecule has 0 heterocycles. The van der Waals surface area contributed by atoms with Gasteiger partial charge in [-0.3, -0.25) is 9.59 Å². The topological polar surface area (TPSA) is 63.6 Å². The first kappa shape index (κ1) is 14.2. The second-order valence-corrected chi connectivity index (χ2v) is 5.20. The third kappa shape index (κ3) is 3.09. The number of esters is 1. The Morgan fingerprint density at radius 2 is 2.00 bits per heavy atom. The van der Waals surface area contributed by atoms with Crippen LogP contribution in [0.2, 0.25) is 0 Å². The van der Waals surface area contributed by atoms with Crippen LogP contribution in [0, 0.1) is 0 Å². The standard InChI is InChI=1S/C14H18O4/c1-14(2,3)11-6-9(7-12(16)18-4)5-10(8-15)13(11)17/h5-6,8,17H,7H2,1-4H3. The summed E-state index contributed by atoms with van der Waals surface area (Å²) in [5.41, 5.74) is 1.19. The summed E-state index contributed by atoms with van der Waals surface area (Å²) in [6, 6.07) is 3.24. The second-order valence-electron chi connectivity index (χ2n) is 5.20. The highest BCUT2D eigenvalue weighted by molar-refractivity contribution is 5.82. The molecular formula is C14H18O4. The van der Waals surface area contributed by atoms with Crippen molar-refractivity contribution in [2.45, 2.75) is 32.6 Å². The van der Waals surface area contributed by atoms with Crippen molar-refractivity contribution in [3.8, 4) is 5.75 Å². The van der Waals surface area contributed by atoms with Gasteiger partial charge < -0.3 is 9.84 Å². The molecular weight excluding hydrogens is 232 g/mol. The van der Waals surface area contributed by atoms with E-state index in [2.05, 4.69) is 4.74 Å². The third-order valence-electron chi connectivity index (χ3n) is 2.71. The molecule has 0 saturated heterocycles. The lowest BCUT2D eigenvalue weighted by Crippen LogP contribution is -2.14. The van der Waals surface area contributed by atoms with Crippen LogP contribution in [0.3, 0.4) is 0 Å². The molecule has 0 spiro atoms. The Morgan fingerprint density at radius 1 is 1.39 bits per heavy atom. The maximum atomic E-state index is 11.3. The van der Waals surface area contributed by atoms with E-state index in [0.717, 1.165) is 0 Å². The predicted octanol–water partition coefficient (Wildman–Crippen LogP) is 2.22. The zero-order valence-electron chi connectivity index (χ0n) is 11.1. The first-order chi connectivity index (χ1) is 8.29. The first-order valence-electron chi connectivity index (χ1n) is 5.68. The number of aromatic hydroxyl groups is 1. The van der Waals surface area contributed by atoms with Gasteiger partial charge in [-0.25, -0.2) is 0 Å². The molecule has 0 radical (unpaired) electrons. The smallest absolute Gasteiger partial charge is 0.309 e. The minimum Gasteiger partial charge on any atom is -0.507 e. The van der Waals surface area contributed by atoms with Gasteiger partial charge in [0.2, 0.25) is 0 Å². The van der Waals surface area contributed by atoms with E-state index in [1.807, 2.05) is 20.8 Å². The second kappa shape index (κ2) is 5.21. The van der Waals surface area contributed by atoms with E-state index in [0.29, 0.717) is 17.4 Å². The zero-order chi connectivity index (χ0) is 13.9. The Kier molecular flexibility index (Phi) is 4.11. The number of benzene rings is 1. The van der Waals surface area contributed by atoms with Crippen LogP contribution in [0.5, 0.6) is 5.75 Å². The number of rotatable bonds is 3. The minimum absolute atomic E-state index is 0.0221. The molecule has 0 aliphatic rings. The van der Waals surface area contributed by atoms with Crippen LogP contribution >= 0.6 is 0 Å². The summed E-state index contributed by atoms with van der Waals surface area (Å²) in [6.45, 7) is 5.79. The zero-order valence-corrected chi connectivity index (χ0v) is 11.1. The highest BCUT2D eigenvalue weighted by Crippen LogP contribution is 2.33. The third-order valence-corrected chi connectivity index (χ3v) is 2.71. The normalized spacial score (nSPS) is 11.1.